The lowest BCUT2D eigenvalue weighted by Crippen LogP contribution is -2.08. The molecule has 0 spiro atoms. The Hall–Kier alpha value is -3.23. The lowest BCUT2D eigenvalue weighted by molar-refractivity contribution is -0.136. The number of aromatic nitrogens is 5. The predicted molar refractivity (Wildman–Crippen MR) is 90.8 cm³/mol. The third-order valence-corrected chi connectivity index (χ3v) is 4.43. The molecule has 27 heavy (non-hydrogen) atoms. The maximum absolute atomic E-state index is 13.6. The average molecular weight is 375 g/mol. The summed E-state index contributed by atoms with van der Waals surface area (Å²) >= 11 is 0. The molecule has 9 heteroatoms. The molecule has 4 aromatic rings. The van der Waals surface area contributed by atoms with E-state index in [-0.39, 0.29) is 16.7 Å². The maximum Gasteiger partial charge on any atom is 0.417 e. The summed E-state index contributed by atoms with van der Waals surface area (Å²) < 4.78 is 57.0. The van der Waals surface area contributed by atoms with Crippen LogP contribution in [-0.4, -0.2) is 24.5 Å². The van der Waals surface area contributed by atoms with Gasteiger partial charge in [0.2, 0.25) is 0 Å². The Labute approximate surface area is 150 Å². The van der Waals surface area contributed by atoms with E-state index in [0.29, 0.717) is 16.9 Å². The van der Waals surface area contributed by atoms with Crippen molar-refractivity contribution in [3.8, 4) is 16.9 Å². The number of fused-ring (bicyclic) bond motifs is 1. The Balaban J connectivity index is 2.02. The fraction of sp³-hybridized carbons (Fsp3) is 0.167. The number of nitrogens with zero attached hydrogens (tertiary/aromatic N) is 5. The van der Waals surface area contributed by atoms with Crippen LogP contribution in [0.1, 0.15) is 11.3 Å². The lowest BCUT2D eigenvalue weighted by atomic mass is 10.1. The Bertz CT molecular complexity index is 1140. The molecular weight excluding hydrogens is 362 g/mol. The number of rotatable bonds is 2. The van der Waals surface area contributed by atoms with E-state index in [2.05, 4.69) is 15.2 Å². The van der Waals surface area contributed by atoms with Crippen LogP contribution in [0.3, 0.4) is 0 Å². The third-order valence-electron chi connectivity index (χ3n) is 4.43. The van der Waals surface area contributed by atoms with Gasteiger partial charge in [0.05, 0.1) is 34.7 Å². The molecule has 0 saturated heterocycles. The van der Waals surface area contributed by atoms with Crippen LogP contribution in [0.2, 0.25) is 0 Å². The van der Waals surface area contributed by atoms with E-state index in [9.17, 15) is 17.6 Å². The monoisotopic (exact) mass is 375 g/mol. The standard InChI is InChI=1S/C18H13F4N5/c1-10-13(8-23-26(10)2)16-7-15(18(20,21)22)14-9-24-27(17(14)25-16)12-5-3-11(19)4-6-12/h3-9H,1-2H3. The van der Waals surface area contributed by atoms with Crippen LogP contribution in [0, 0.1) is 12.7 Å². The summed E-state index contributed by atoms with van der Waals surface area (Å²) in [5, 5.41) is 7.99. The van der Waals surface area contributed by atoms with Gasteiger partial charge in [-0.3, -0.25) is 4.68 Å². The number of hydrogen-bond donors (Lipinski definition) is 0. The van der Waals surface area contributed by atoms with E-state index >= 15 is 0 Å². The second-order valence-electron chi connectivity index (χ2n) is 6.09. The van der Waals surface area contributed by atoms with Gasteiger partial charge in [0.1, 0.15) is 5.82 Å². The highest BCUT2D eigenvalue weighted by Crippen LogP contribution is 2.37. The zero-order valence-electron chi connectivity index (χ0n) is 14.3. The summed E-state index contributed by atoms with van der Waals surface area (Å²) in [6.45, 7) is 1.75. The SMILES string of the molecule is Cc1c(-c2cc(C(F)(F)F)c3cnn(-c4ccc(F)cc4)c3n2)cnn1C. The van der Waals surface area contributed by atoms with Crippen molar-refractivity contribution in [2.45, 2.75) is 13.1 Å². The zero-order valence-corrected chi connectivity index (χ0v) is 14.3. The topological polar surface area (TPSA) is 48.5 Å². The Morgan fingerprint density at radius 3 is 2.30 bits per heavy atom. The molecule has 0 unspecified atom stereocenters. The van der Waals surface area contributed by atoms with Gasteiger partial charge in [-0.1, -0.05) is 0 Å². The number of halogens is 4. The number of alkyl halides is 3. The molecule has 4 rings (SSSR count). The highest BCUT2D eigenvalue weighted by Gasteiger charge is 2.35. The fourth-order valence-corrected chi connectivity index (χ4v) is 2.89. The molecule has 0 bridgehead atoms. The van der Waals surface area contributed by atoms with E-state index in [1.807, 2.05) is 0 Å². The summed E-state index contributed by atoms with van der Waals surface area (Å²) in [6, 6.07) is 6.28. The van der Waals surface area contributed by atoms with Gasteiger partial charge >= 0.3 is 6.18 Å². The van der Waals surface area contributed by atoms with E-state index in [1.165, 1.54) is 35.1 Å². The minimum absolute atomic E-state index is 0.0367. The van der Waals surface area contributed by atoms with Gasteiger partial charge in [-0.05, 0) is 37.3 Å². The van der Waals surface area contributed by atoms with Gasteiger partial charge in [-0.15, -0.1) is 0 Å². The normalized spacial score (nSPS) is 12.1. The van der Waals surface area contributed by atoms with Crippen LogP contribution in [0.25, 0.3) is 28.0 Å². The molecule has 1 aromatic carbocycles. The van der Waals surface area contributed by atoms with Gasteiger partial charge in [-0.25, -0.2) is 14.1 Å². The smallest absolute Gasteiger partial charge is 0.272 e. The van der Waals surface area contributed by atoms with Crippen molar-refractivity contribution in [1.82, 2.24) is 24.5 Å². The minimum atomic E-state index is -4.58. The molecule has 3 aromatic heterocycles. The van der Waals surface area contributed by atoms with E-state index in [0.717, 1.165) is 12.3 Å². The minimum Gasteiger partial charge on any atom is -0.272 e. The second kappa shape index (κ2) is 5.90. The van der Waals surface area contributed by atoms with Crippen LogP contribution < -0.4 is 0 Å². The van der Waals surface area contributed by atoms with Crippen LogP contribution in [0.4, 0.5) is 17.6 Å². The van der Waals surface area contributed by atoms with Crippen molar-refractivity contribution in [3.63, 3.8) is 0 Å². The van der Waals surface area contributed by atoms with Crippen molar-refractivity contribution < 1.29 is 17.6 Å². The van der Waals surface area contributed by atoms with Gasteiger partial charge in [0.15, 0.2) is 5.65 Å². The molecule has 0 fully saturated rings. The van der Waals surface area contributed by atoms with Crippen molar-refractivity contribution in [1.29, 1.82) is 0 Å². The van der Waals surface area contributed by atoms with Crippen molar-refractivity contribution in [2.24, 2.45) is 7.05 Å². The quantitative estimate of drug-likeness (QED) is 0.491. The average Bonchev–Trinajstić information content (AvgIpc) is 3.18. The molecule has 138 valence electrons. The van der Waals surface area contributed by atoms with Crippen LogP contribution in [0.15, 0.2) is 42.7 Å². The summed E-state index contributed by atoms with van der Waals surface area (Å²) in [5.74, 6) is -0.453. The Morgan fingerprint density at radius 1 is 1.00 bits per heavy atom. The van der Waals surface area contributed by atoms with Gasteiger partial charge in [0.25, 0.3) is 0 Å². The summed E-state index contributed by atoms with van der Waals surface area (Å²) in [6.07, 6.45) is -1.99. The number of pyridine rings is 1. The van der Waals surface area contributed by atoms with E-state index < -0.39 is 17.6 Å². The highest BCUT2D eigenvalue weighted by molar-refractivity contribution is 5.84. The first-order chi connectivity index (χ1) is 12.8. The van der Waals surface area contributed by atoms with Gasteiger partial charge < -0.3 is 0 Å². The van der Waals surface area contributed by atoms with Crippen LogP contribution in [-0.2, 0) is 13.2 Å². The maximum atomic E-state index is 13.6. The lowest BCUT2D eigenvalue weighted by Gasteiger charge is -2.11. The third kappa shape index (κ3) is 2.84. The Kier molecular flexibility index (Phi) is 3.76. The Morgan fingerprint density at radius 2 is 1.70 bits per heavy atom. The first kappa shape index (κ1) is 17.2. The number of hydrogen-bond acceptors (Lipinski definition) is 3. The van der Waals surface area contributed by atoms with E-state index in [4.69, 9.17) is 0 Å². The zero-order chi connectivity index (χ0) is 19.3. The highest BCUT2D eigenvalue weighted by atomic mass is 19.4. The molecule has 0 amide bonds. The molecular formula is C18H13F4N5. The summed E-state index contributed by atoms with van der Waals surface area (Å²) in [4.78, 5) is 4.41. The first-order valence-corrected chi connectivity index (χ1v) is 7.96. The van der Waals surface area contributed by atoms with Crippen molar-refractivity contribution in [3.05, 3.63) is 59.8 Å². The fourth-order valence-electron chi connectivity index (χ4n) is 2.89. The number of aryl methyl sites for hydroxylation is 1. The summed E-state index contributed by atoms with van der Waals surface area (Å²) in [5.41, 5.74) is 0.935. The molecule has 0 aliphatic carbocycles. The van der Waals surface area contributed by atoms with E-state index in [1.54, 1.807) is 18.7 Å². The van der Waals surface area contributed by atoms with Crippen molar-refractivity contribution >= 4 is 11.0 Å². The van der Waals surface area contributed by atoms with Crippen LogP contribution in [0.5, 0.6) is 0 Å². The second-order valence-corrected chi connectivity index (χ2v) is 6.09. The largest absolute Gasteiger partial charge is 0.417 e. The molecule has 0 radical (unpaired) electrons. The molecule has 0 saturated carbocycles. The first-order valence-electron chi connectivity index (χ1n) is 7.96. The molecule has 0 aliphatic rings. The van der Waals surface area contributed by atoms with Crippen LogP contribution >= 0.6 is 0 Å². The van der Waals surface area contributed by atoms with Gasteiger partial charge in [-0.2, -0.15) is 23.4 Å². The molecule has 5 nitrogen and oxygen atoms in total. The molecule has 0 aliphatic heterocycles. The predicted octanol–water partition coefficient (Wildman–Crippen LogP) is 4.29. The summed E-state index contributed by atoms with van der Waals surface area (Å²) in [7, 11) is 1.70. The molecule has 3 heterocycles. The molecule has 0 N–H and O–H groups in total. The molecule has 0 atom stereocenters. The number of benzene rings is 1. The van der Waals surface area contributed by atoms with Gasteiger partial charge in [0, 0.05) is 18.3 Å². The van der Waals surface area contributed by atoms with Crippen molar-refractivity contribution in [2.75, 3.05) is 0 Å².